The number of anilines is 1. The molecule has 0 spiro atoms. The molecule has 2 aromatic rings. The predicted octanol–water partition coefficient (Wildman–Crippen LogP) is 3.68. The molecule has 1 aliphatic carbocycles. The minimum absolute atomic E-state index is 0. The number of rotatable bonds is 2. The van der Waals surface area contributed by atoms with Crippen molar-refractivity contribution in [3.05, 3.63) is 36.4 Å². The quantitative estimate of drug-likeness (QED) is 0.875. The van der Waals surface area contributed by atoms with E-state index in [1.54, 1.807) is 0 Å². The highest BCUT2D eigenvalue weighted by Gasteiger charge is 2.35. The van der Waals surface area contributed by atoms with Gasteiger partial charge in [0.05, 0.1) is 11.1 Å². The van der Waals surface area contributed by atoms with Gasteiger partial charge < -0.3 is 11.1 Å². The van der Waals surface area contributed by atoms with Gasteiger partial charge in [0.2, 0.25) is 5.91 Å². The Morgan fingerprint density at radius 2 is 1.73 bits per heavy atom. The Kier molecular flexibility index (Phi) is 6.60. The Morgan fingerprint density at radius 1 is 1.05 bits per heavy atom. The molecule has 1 aromatic carbocycles. The van der Waals surface area contributed by atoms with Gasteiger partial charge in [-0.15, -0.1) is 24.8 Å². The molecule has 1 aliphatic rings. The first-order valence-electron chi connectivity index (χ1n) is 7.14. The van der Waals surface area contributed by atoms with Crippen molar-refractivity contribution in [1.29, 1.82) is 0 Å². The largest absolute Gasteiger partial charge is 0.317 e. The minimum Gasteiger partial charge on any atom is -0.317 e. The fourth-order valence-corrected chi connectivity index (χ4v) is 2.79. The van der Waals surface area contributed by atoms with E-state index in [-0.39, 0.29) is 30.7 Å². The second-order valence-corrected chi connectivity index (χ2v) is 5.56. The number of nitrogens with zero attached hydrogens (tertiary/aromatic N) is 1. The zero-order valence-electron chi connectivity index (χ0n) is 12.2. The van der Waals surface area contributed by atoms with Crippen LogP contribution in [0.3, 0.4) is 0 Å². The minimum atomic E-state index is -0.731. The van der Waals surface area contributed by atoms with Gasteiger partial charge >= 0.3 is 0 Å². The van der Waals surface area contributed by atoms with Crippen LogP contribution in [0.2, 0.25) is 0 Å². The van der Waals surface area contributed by atoms with E-state index in [1.807, 2.05) is 36.4 Å². The molecule has 0 aliphatic heterocycles. The highest BCUT2D eigenvalue weighted by Crippen LogP contribution is 2.27. The van der Waals surface area contributed by atoms with E-state index in [0.717, 1.165) is 36.6 Å². The number of benzene rings is 1. The summed E-state index contributed by atoms with van der Waals surface area (Å²) < 4.78 is 0. The summed E-state index contributed by atoms with van der Waals surface area (Å²) in [6, 6.07) is 11.6. The van der Waals surface area contributed by atoms with Gasteiger partial charge in [0.25, 0.3) is 0 Å². The summed E-state index contributed by atoms with van der Waals surface area (Å²) in [6.45, 7) is 0. The van der Waals surface area contributed by atoms with E-state index in [1.165, 1.54) is 6.42 Å². The van der Waals surface area contributed by atoms with E-state index >= 15 is 0 Å². The maximum atomic E-state index is 12.3. The molecule has 1 saturated carbocycles. The number of nitrogens with two attached hydrogens (primary N) is 1. The Balaban J connectivity index is 0.00000121. The molecule has 6 heteroatoms. The number of halogens is 2. The second kappa shape index (κ2) is 7.77. The number of fused-ring (bicyclic) bond motifs is 1. The van der Waals surface area contributed by atoms with Crippen LogP contribution < -0.4 is 11.1 Å². The molecule has 4 nitrogen and oxygen atoms in total. The maximum Gasteiger partial charge on any atom is 0.245 e. The van der Waals surface area contributed by atoms with Crippen molar-refractivity contribution >= 4 is 47.4 Å². The van der Waals surface area contributed by atoms with Crippen LogP contribution >= 0.6 is 24.8 Å². The van der Waals surface area contributed by atoms with Crippen LogP contribution in [-0.4, -0.2) is 16.4 Å². The first kappa shape index (κ1) is 18.7. The normalized spacial score (nSPS) is 16.2. The van der Waals surface area contributed by atoms with Gasteiger partial charge in [-0.3, -0.25) is 4.79 Å². The Hall–Kier alpha value is -1.36. The summed E-state index contributed by atoms with van der Waals surface area (Å²) in [5, 5.41) is 3.93. The summed E-state index contributed by atoms with van der Waals surface area (Å²) in [6.07, 6.45) is 4.73. The van der Waals surface area contributed by atoms with Crippen LogP contribution in [0.5, 0.6) is 0 Å². The van der Waals surface area contributed by atoms with Crippen LogP contribution in [-0.2, 0) is 4.79 Å². The van der Waals surface area contributed by atoms with Crippen LogP contribution in [0.1, 0.15) is 32.1 Å². The van der Waals surface area contributed by atoms with Gasteiger partial charge in [0.15, 0.2) is 0 Å². The molecule has 0 saturated heterocycles. The average Bonchev–Trinajstić information content (AvgIpc) is 2.48. The van der Waals surface area contributed by atoms with Crippen LogP contribution in [0, 0.1) is 0 Å². The molecule has 1 fully saturated rings. The number of aromatic nitrogens is 1. The third-order valence-corrected chi connectivity index (χ3v) is 4.04. The van der Waals surface area contributed by atoms with Gasteiger partial charge in [-0.25, -0.2) is 4.98 Å². The number of hydrogen-bond donors (Lipinski definition) is 2. The topological polar surface area (TPSA) is 68.0 Å². The summed E-state index contributed by atoms with van der Waals surface area (Å²) in [7, 11) is 0. The molecule has 0 radical (unpaired) electrons. The monoisotopic (exact) mass is 341 g/mol. The van der Waals surface area contributed by atoms with E-state index in [0.29, 0.717) is 5.82 Å². The lowest BCUT2D eigenvalue weighted by Gasteiger charge is -2.31. The third-order valence-electron chi connectivity index (χ3n) is 4.04. The van der Waals surface area contributed by atoms with Crippen LogP contribution in [0.15, 0.2) is 36.4 Å². The Labute approximate surface area is 142 Å². The first-order chi connectivity index (χ1) is 9.67. The number of nitrogens with one attached hydrogen (secondary N) is 1. The lowest BCUT2D eigenvalue weighted by molar-refractivity contribution is -0.122. The van der Waals surface area contributed by atoms with Gasteiger partial charge in [-0.2, -0.15) is 0 Å². The van der Waals surface area contributed by atoms with Crippen molar-refractivity contribution in [3.8, 4) is 0 Å². The molecular weight excluding hydrogens is 321 g/mol. The lowest BCUT2D eigenvalue weighted by Crippen LogP contribution is -2.52. The van der Waals surface area contributed by atoms with Gasteiger partial charge in [-0.1, -0.05) is 37.5 Å². The second-order valence-electron chi connectivity index (χ2n) is 5.56. The molecule has 120 valence electrons. The molecule has 1 aromatic heterocycles. The molecule has 0 bridgehead atoms. The number of para-hydroxylation sites is 1. The molecule has 1 heterocycles. The number of pyridine rings is 1. The van der Waals surface area contributed by atoms with Gasteiger partial charge in [0.1, 0.15) is 5.82 Å². The zero-order chi connectivity index (χ0) is 14.0. The molecule has 0 unspecified atom stereocenters. The Bertz CT molecular complexity index is 642. The summed E-state index contributed by atoms with van der Waals surface area (Å²) in [5.41, 5.74) is 6.37. The highest BCUT2D eigenvalue weighted by molar-refractivity contribution is 5.98. The van der Waals surface area contributed by atoms with Crippen molar-refractivity contribution in [2.75, 3.05) is 5.32 Å². The fraction of sp³-hybridized carbons (Fsp3) is 0.375. The van der Waals surface area contributed by atoms with Gasteiger partial charge in [0, 0.05) is 5.39 Å². The summed E-state index contributed by atoms with van der Waals surface area (Å²) in [5.74, 6) is 0.462. The average molecular weight is 342 g/mol. The number of carbonyl (C=O) groups is 1. The van der Waals surface area contributed by atoms with Crippen LogP contribution in [0.4, 0.5) is 5.82 Å². The number of amides is 1. The van der Waals surface area contributed by atoms with E-state index in [9.17, 15) is 4.79 Å². The lowest BCUT2D eigenvalue weighted by atomic mass is 9.82. The Morgan fingerprint density at radius 3 is 2.45 bits per heavy atom. The number of hydrogen-bond acceptors (Lipinski definition) is 3. The summed E-state index contributed by atoms with van der Waals surface area (Å²) in [4.78, 5) is 16.8. The summed E-state index contributed by atoms with van der Waals surface area (Å²) >= 11 is 0. The first-order valence-corrected chi connectivity index (χ1v) is 7.14. The van der Waals surface area contributed by atoms with Gasteiger partial charge in [-0.05, 0) is 31.0 Å². The van der Waals surface area contributed by atoms with E-state index in [2.05, 4.69) is 10.3 Å². The maximum absolute atomic E-state index is 12.3. The molecule has 22 heavy (non-hydrogen) atoms. The van der Waals surface area contributed by atoms with Crippen molar-refractivity contribution in [1.82, 2.24) is 4.98 Å². The smallest absolute Gasteiger partial charge is 0.245 e. The van der Waals surface area contributed by atoms with Crippen molar-refractivity contribution in [3.63, 3.8) is 0 Å². The van der Waals surface area contributed by atoms with Crippen molar-refractivity contribution in [2.45, 2.75) is 37.6 Å². The van der Waals surface area contributed by atoms with Crippen molar-refractivity contribution in [2.24, 2.45) is 5.73 Å². The van der Waals surface area contributed by atoms with Crippen molar-refractivity contribution < 1.29 is 4.79 Å². The van der Waals surface area contributed by atoms with Crippen LogP contribution in [0.25, 0.3) is 10.9 Å². The molecule has 1 amide bonds. The van der Waals surface area contributed by atoms with E-state index < -0.39 is 5.54 Å². The van der Waals surface area contributed by atoms with E-state index in [4.69, 9.17) is 5.73 Å². The molecular formula is C16H21Cl2N3O. The zero-order valence-corrected chi connectivity index (χ0v) is 13.9. The fourth-order valence-electron chi connectivity index (χ4n) is 2.79. The molecule has 0 atom stereocenters. The standard InChI is InChI=1S/C16H19N3O.2ClH/c17-16(10-4-1-5-11-16)15(20)19-14-9-8-12-6-2-3-7-13(12)18-14;;/h2-3,6-9H,1,4-5,10-11,17H2,(H,18,19,20);2*1H. The molecule has 3 rings (SSSR count). The predicted molar refractivity (Wildman–Crippen MR) is 94.9 cm³/mol. The molecule has 3 N–H and O–H groups in total. The third kappa shape index (κ3) is 3.88. The highest BCUT2D eigenvalue weighted by atomic mass is 35.5. The number of carbonyl (C=O) groups excluding carboxylic acids is 1. The SMILES string of the molecule is Cl.Cl.NC1(C(=O)Nc2ccc3ccccc3n2)CCCCC1.